The third kappa shape index (κ3) is 3.29. The van der Waals surface area contributed by atoms with E-state index in [-0.39, 0.29) is 11.9 Å². The highest BCUT2D eigenvalue weighted by atomic mass is 32.1. The van der Waals surface area contributed by atoms with Gasteiger partial charge in [0.05, 0.1) is 6.54 Å². The van der Waals surface area contributed by atoms with Crippen LogP contribution in [0.1, 0.15) is 36.3 Å². The van der Waals surface area contributed by atoms with Crippen LogP contribution in [0.25, 0.3) is 0 Å². The van der Waals surface area contributed by atoms with Crippen LogP contribution in [0.3, 0.4) is 0 Å². The SMILES string of the molecule is Cc1ccc(CN(C(=O)C(N)c2cccs2)C(C)C)o1. The highest BCUT2D eigenvalue weighted by molar-refractivity contribution is 7.10. The largest absolute Gasteiger partial charge is 0.464 e. The Kier molecular flexibility index (Phi) is 4.62. The van der Waals surface area contributed by atoms with Crippen LogP contribution in [0.4, 0.5) is 0 Å². The Bertz CT molecular complexity index is 560. The van der Waals surface area contributed by atoms with Crippen molar-refractivity contribution < 1.29 is 9.21 Å². The molecule has 0 aromatic carbocycles. The van der Waals surface area contributed by atoms with Crippen molar-refractivity contribution in [3.8, 4) is 0 Å². The van der Waals surface area contributed by atoms with Gasteiger partial charge in [-0.05, 0) is 44.4 Å². The summed E-state index contributed by atoms with van der Waals surface area (Å²) in [5.41, 5.74) is 6.07. The van der Waals surface area contributed by atoms with Crippen LogP contribution in [0, 0.1) is 6.92 Å². The Morgan fingerprint density at radius 2 is 2.15 bits per heavy atom. The second-order valence-corrected chi connectivity index (χ2v) is 6.04. The average Bonchev–Trinajstić information content (AvgIpc) is 3.05. The molecular weight excluding hydrogens is 272 g/mol. The Morgan fingerprint density at radius 3 is 2.65 bits per heavy atom. The van der Waals surface area contributed by atoms with E-state index in [1.807, 2.05) is 50.4 Å². The number of hydrogen-bond acceptors (Lipinski definition) is 4. The van der Waals surface area contributed by atoms with E-state index < -0.39 is 6.04 Å². The van der Waals surface area contributed by atoms with Gasteiger partial charge in [0.1, 0.15) is 17.6 Å². The first-order chi connectivity index (χ1) is 9.49. The van der Waals surface area contributed by atoms with Crippen LogP contribution in [0.2, 0.25) is 0 Å². The second kappa shape index (κ2) is 6.24. The van der Waals surface area contributed by atoms with E-state index in [1.54, 1.807) is 4.90 Å². The van der Waals surface area contributed by atoms with Gasteiger partial charge in [0.25, 0.3) is 0 Å². The van der Waals surface area contributed by atoms with Crippen LogP contribution in [-0.4, -0.2) is 16.8 Å². The summed E-state index contributed by atoms with van der Waals surface area (Å²) in [5, 5.41) is 1.93. The van der Waals surface area contributed by atoms with Crippen molar-refractivity contribution in [2.45, 2.75) is 39.4 Å². The third-order valence-corrected chi connectivity index (χ3v) is 4.10. The molecule has 20 heavy (non-hydrogen) atoms. The quantitative estimate of drug-likeness (QED) is 0.921. The van der Waals surface area contributed by atoms with Gasteiger partial charge >= 0.3 is 0 Å². The topological polar surface area (TPSA) is 59.5 Å². The summed E-state index contributed by atoms with van der Waals surface area (Å²) in [7, 11) is 0. The molecule has 0 aliphatic carbocycles. The lowest BCUT2D eigenvalue weighted by atomic mass is 10.2. The van der Waals surface area contributed by atoms with Gasteiger partial charge in [0.15, 0.2) is 0 Å². The molecule has 2 aromatic rings. The lowest BCUT2D eigenvalue weighted by molar-refractivity contribution is -0.135. The Hall–Kier alpha value is -1.59. The molecule has 5 heteroatoms. The molecule has 0 bridgehead atoms. The molecule has 0 radical (unpaired) electrons. The van der Waals surface area contributed by atoms with Gasteiger partial charge in [0, 0.05) is 10.9 Å². The summed E-state index contributed by atoms with van der Waals surface area (Å²) in [6.07, 6.45) is 0. The van der Waals surface area contributed by atoms with Crippen molar-refractivity contribution in [2.75, 3.05) is 0 Å². The zero-order chi connectivity index (χ0) is 14.7. The van der Waals surface area contributed by atoms with Crippen molar-refractivity contribution in [1.82, 2.24) is 4.90 Å². The molecule has 2 heterocycles. The summed E-state index contributed by atoms with van der Waals surface area (Å²) < 4.78 is 5.55. The molecule has 0 spiro atoms. The predicted molar refractivity (Wildman–Crippen MR) is 80.4 cm³/mol. The second-order valence-electron chi connectivity index (χ2n) is 5.07. The van der Waals surface area contributed by atoms with Gasteiger partial charge in [-0.25, -0.2) is 0 Å². The molecule has 108 valence electrons. The molecule has 1 unspecified atom stereocenters. The van der Waals surface area contributed by atoms with E-state index in [9.17, 15) is 4.79 Å². The van der Waals surface area contributed by atoms with Crippen molar-refractivity contribution in [3.05, 3.63) is 46.0 Å². The molecule has 2 rings (SSSR count). The monoisotopic (exact) mass is 292 g/mol. The maximum atomic E-state index is 12.6. The summed E-state index contributed by atoms with van der Waals surface area (Å²) in [6.45, 7) is 6.30. The molecule has 0 aliphatic rings. The van der Waals surface area contributed by atoms with E-state index in [0.29, 0.717) is 6.54 Å². The summed E-state index contributed by atoms with van der Waals surface area (Å²) in [5.74, 6) is 1.55. The van der Waals surface area contributed by atoms with Gasteiger partial charge in [-0.2, -0.15) is 0 Å². The standard InChI is InChI=1S/C15H20N2O2S/c1-10(2)17(9-12-7-6-11(3)19-12)15(18)14(16)13-5-4-8-20-13/h4-8,10,14H,9,16H2,1-3H3. The fraction of sp³-hybridized carbons (Fsp3) is 0.400. The van der Waals surface area contributed by atoms with Crippen LogP contribution in [-0.2, 0) is 11.3 Å². The Morgan fingerprint density at radius 1 is 1.40 bits per heavy atom. The average molecular weight is 292 g/mol. The molecule has 0 aliphatic heterocycles. The lowest BCUT2D eigenvalue weighted by Gasteiger charge is -2.28. The minimum Gasteiger partial charge on any atom is -0.464 e. The number of carbonyl (C=O) groups is 1. The Labute approximate surface area is 123 Å². The summed E-state index contributed by atoms with van der Waals surface area (Å²) >= 11 is 1.50. The van der Waals surface area contributed by atoms with Crippen molar-refractivity contribution in [3.63, 3.8) is 0 Å². The fourth-order valence-electron chi connectivity index (χ4n) is 2.02. The van der Waals surface area contributed by atoms with Gasteiger partial charge < -0.3 is 15.1 Å². The number of nitrogens with zero attached hydrogens (tertiary/aromatic N) is 1. The fourth-order valence-corrected chi connectivity index (χ4v) is 2.74. The molecule has 0 saturated heterocycles. The zero-order valence-electron chi connectivity index (χ0n) is 12.0. The number of aryl methyl sites for hydroxylation is 1. The number of rotatable bonds is 5. The molecule has 2 N–H and O–H groups in total. The molecular formula is C15H20N2O2S. The first kappa shape index (κ1) is 14.8. The van der Waals surface area contributed by atoms with E-state index in [2.05, 4.69) is 0 Å². The maximum absolute atomic E-state index is 12.6. The lowest BCUT2D eigenvalue weighted by Crippen LogP contribution is -2.41. The van der Waals surface area contributed by atoms with Crippen LogP contribution >= 0.6 is 11.3 Å². The van der Waals surface area contributed by atoms with E-state index in [1.165, 1.54) is 11.3 Å². The van der Waals surface area contributed by atoms with Gasteiger partial charge in [-0.3, -0.25) is 4.79 Å². The predicted octanol–water partition coefficient (Wildman–Crippen LogP) is 3.09. The van der Waals surface area contributed by atoms with Crippen LogP contribution < -0.4 is 5.73 Å². The normalized spacial score (nSPS) is 12.7. The van der Waals surface area contributed by atoms with Crippen molar-refractivity contribution in [2.24, 2.45) is 5.73 Å². The maximum Gasteiger partial charge on any atom is 0.245 e. The number of carbonyl (C=O) groups excluding carboxylic acids is 1. The minimum atomic E-state index is -0.603. The number of thiophene rings is 1. The molecule has 1 amide bonds. The summed E-state index contributed by atoms with van der Waals surface area (Å²) in [4.78, 5) is 15.2. The third-order valence-electron chi connectivity index (χ3n) is 3.14. The highest BCUT2D eigenvalue weighted by Crippen LogP contribution is 2.21. The number of hydrogen-bond donors (Lipinski definition) is 1. The first-order valence-electron chi connectivity index (χ1n) is 6.64. The van der Waals surface area contributed by atoms with Gasteiger partial charge in [-0.15, -0.1) is 11.3 Å². The van der Waals surface area contributed by atoms with E-state index >= 15 is 0 Å². The number of nitrogens with two attached hydrogens (primary N) is 1. The smallest absolute Gasteiger partial charge is 0.245 e. The van der Waals surface area contributed by atoms with Gasteiger partial charge in [0.2, 0.25) is 5.91 Å². The summed E-state index contributed by atoms with van der Waals surface area (Å²) in [6, 6.07) is 7.06. The highest BCUT2D eigenvalue weighted by Gasteiger charge is 2.26. The first-order valence-corrected chi connectivity index (χ1v) is 7.51. The molecule has 4 nitrogen and oxygen atoms in total. The number of amides is 1. The molecule has 1 atom stereocenters. The Balaban J connectivity index is 2.14. The van der Waals surface area contributed by atoms with Crippen LogP contribution in [0.5, 0.6) is 0 Å². The minimum absolute atomic E-state index is 0.0684. The molecule has 2 aromatic heterocycles. The van der Waals surface area contributed by atoms with E-state index in [4.69, 9.17) is 10.2 Å². The zero-order valence-corrected chi connectivity index (χ0v) is 12.8. The van der Waals surface area contributed by atoms with E-state index in [0.717, 1.165) is 16.4 Å². The number of furan rings is 1. The van der Waals surface area contributed by atoms with Crippen LogP contribution in [0.15, 0.2) is 34.1 Å². The van der Waals surface area contributed by atoms with Crippen molar-refractivity contribution in [1.29, 1.82) is 0 Å². The van der Waals surface area contributed by atoms with Crippen molar-refractivity contribution >= 4 is 17.2 Å². The molecule has 0 fully saturated rings. The molecule has 0 saturated carbocycles. The van der Waals surface area contributed by atoms with Gasteiger partial charge in [-0.1, -0.05) is 6.07 Å².